The summed E-state index contributed by atoms with van der Waals surface area (Å²) in [6, 6.07) is 15.4. The van der Waals surface area contributed by atoms with Crippen LogP contribution in [0.15, 0.2) is 65.4 Å². The molecule has 0 atom stereocenters. The number of carbonyl (C=O) groups is 1. The molecule has 0 bridgehead atoms. The Morgan fingerprint density at radius 2 is 1.79 bits per heavy atom. The van der Waals surface area contributed by atoms with E-state index in [9.17, 15) is 4.79 Å². The first-order chi connectivity index (χ1) is 14.1. The predicted octanol–water partition coefficient (Wildman–Crippen LogP) is 3.45. The third-order valence-electron chi connectivity index (χ3n) is 4.68. The number of hydrogen-bond acceptors (Lipinski definition) is 5. The molecular formula is C22H20N4O3. The molecule has 1 aromatic heterocycles. The topological polar surface area (TPSA) is 77.7 Å². The first-order valence-corrected chi connectivity index (χ1v) is 9.05. The average Bonchev–Trinajstić information content (AvgIpc) is 3.32. The van der Waals surface area contributed by atoms with Gasteiger partial charge in [-0.05, 0) is 43.3 Å². The van der Waals surface area contributed by atoms with E-state index < -0.39 is 0 Å². The second-order valence-electron chi connectivity index (χ2n) is 6.48. The van der Waals surface area contributed by atoms with Crippen LogP contribution < -0.4 is 14.9 Å². The van der Waals surface area contributed by atoms with Gasteiger partial charge in [-0.1, -0.05) is 18.2 Å². The SMILES string of the molecule is COc1ccc(-c2nn(-c3ccccc3)cc2C=C2C(=O)NN=C2C)cc1OC. The molecule has 1 amide bonds. The molecule has 4 rings (SSSR count). The van der Waals surface area contributed by atoms with E-state index in [4.69, 9.17) is 14.6 Å². The Morgan fingerprint density at radius 1 is 1.03 bits per heavy atom. The van der Waals surface area contributed by atoms with Gasteiger partial charge in [0.15, 0.2) is 11.5 Å². The fourth-order valence-corrected chi connectivity index (χ4v) is 3.16. The molecule has 2 aromatic carbocycles. The summed E-state index contributed by atoms with van der Waals surface area (Å²) in [5, 5.41) is 8.78. The lowest BCUT2D eigenvalue weighted by Crippen LogP contribution is -2.12. The van der Waals surface area contributed by atoms with Crippen molar-refractivity contribution >= 4 is 17.7 Å². The van der Waals surface area contributed by atoms with Crippen LogP contribution in [0.4, 0.5) is 0 Å². The van der Waals surface area contributed by atoms with E-state index in [1.54, 1.807) is 31.9 Å². The summed E-state index contributed by atoms with van der Waals surface area (Å²) in [6.45, 7) is 1.79. The summed E-state index contributed by atoms with van der Waals surface area (Å²) >= 11 is 0. The van der Waals surface area contributed by atoms with E-state index >= 15 is 0 Å². The van der Waals surface area contributed by atoms with Crippen LogP contribution >= 0.6 is 0 Å². The van der Waals surface area contributed by atoms with Crippen molar-refractivity contribution in [3.05, 3.63) is 65.9 Å². The van der Waals surface area contributed by atoms with Crippen molar-refractivity contribution in [2.24, 2.45) is 5.10 Å². The lowest BCUT2D eigenvalue weighted by molar-refractivity contribution is -0.116. The number of benzene rings is 2. The zero-order chi connectivity index (χ0) is 20.4. The molecule has 1 N–H and O–H groups in total. The molecule has 0 unspecified atom stereocenters. The molecule has 0 saturated carbocycles. The van der Waals surface area contributed by atoms with Gasteiger partial charge in [0.2, 0.25) is 0 Å². The molecule has 7 nitrogen and oxygen atoms in total. The minimum absolute atomic E-state index is 0.228. The van der Waals surface area contributed by atoms with E-state index in [0.29, 0.717) is 22.8 Å². The van der Waals surface area contributed by atoms with Crippen LogP contribution in [0.5, 0.6) is 11.5 Å². The van der Waals surface area contributed by atoms with Gasteiger partial charge in [-0.15, -0.1) is 0 Å². The lowest BCUT2D eigenvalue weighted by Gasteiger charge is -2.09. The van der Waals surface area contributed by atoms with Gasteiger partial charge in [0.05, 0.1) is 31.2 Å². The van der Waals surface area contributed by atoms with E-state index in [1.807, 2.05) is 54.7 Å². The minimum Gasteiger partial charge on any atom is -0.493 e. The van der Waals surface area contributed by atoms with Crippen LogP contribution in [0, 0.1) is 0 Å². The maximum absolute atomic E-state index is 12.1. The monoisotopic (exact) mass is 388 g/mol. The molecule has 1 aliphatic rings. The van der Waals surface area contributed by atoms with Crippen LogP contribution in [-0.4, -0.2) is 35.6 Å². The van der Waals surface area contributed by atoms with Gasteiger partial charge >= 0.3 is 0 Å². The van der Waals surface area contributed by atoms with Gasteiger partial charge < -0.3 is 9.47 Å². The molecule has 0 spiro atoms. The number of nitrogens with one attached hydrogen (secondary N) is 1. The number of nitrogens with zero attached hydrogens (tertiary/aromatic N) is 3. The predicted molar refractivity (Wildman–Crippen MR) is 111 cm³/mol. The molecule has 29 heavy (non-hydrogen) atoms. The number of carbonyl (C=O) groups excluding carboxylic acids is 1. The van der Waals surface area contributed by atoms with Crippen molar-refractivity contribution in [1.29, 1.82) is 0 Å². The number of aromatic nitrogens is 2. The number of methoxy groups -OCH3 is 2. The zero-order valence-electron chi connectivity index (χ0n) is 16.3. The number of rotatable bonds is 5. The van der Waals surface area contributed by atoms with Gasteiger partial charge in [-0.25, -0.2) is 10.1 Å². The lowest BCUT2D eigenvalue weighted by atomic mass is 10.0. The van der Waals surface area contributed by atoms with Crippen molar-refractivity contribution in [3.8, 4) is 28.4 Å². The van der Waals surface area contributed by atoms with Crippen LogP contribution in [0.25, 0.3) is 23.0 Å². The van der Waals surface area contributed by atoms with Gasteiger partial charge in [0, 0.05) is 17.3 Å². The maximum atomic E-state index is 12.1. The average molecular weight is 388 g/mol. The van der Waals surface area contributed by atoms with Gasteiger partial charge in [-0.3, -0.25) is 4.79 Å². The highest BCUT2D eigenvalue weighted by Gasteiger charge is 2.21. The van der Waals surface area contributed by atoms with Crippen LogP contribution in [0.1, 0.15) is 12.5 Å². The molecule has 3 aromatic rings. The number of hydrogen-bond donors (Lipinski definition) is 1. The maximum Gasteiger partial charge on any atom is 0.273 e. The van der Waals surface area contributed by atoms with Crippen LogP contribution in [-0.2, 0) is 4.79 Å². The Balaban J connectivity index is 1.88. The molecule has 7 heteroatoms. The first kappa shape index (κ1) is 18.5. The van der Waals surface area contributed by atoms with Crippen molar-refractivity contribution in [1.82, 2.24) is 15.2 Å². The van der Waals surface area contributed by atoms with Gasteiger partial charge in [-0.2, -0.15) is 10.2 Å². The number of para-hydroxylation sites is 1. The van der Waals surface area contributed by atoms with Crippen molar-refractivity contribution < 1.29 is 14.3 Å². The largest absolute Gasteiger partial charge is 0.493 e. The fourth-order valence-electron chi connectivity index (χ4n) is 3.16. The summed E-state index contributed by atoms with van der Waals surface area (Å²) in [4.78, 5) is 12.1. The van der Waals surface area contributed by atoms with Crippen molar-refractivity contribution in [3.63, 3.8) is 0 Å². The molecule has 146 valence electrons. The quantitative estimate of drug-likeness (QED) is 0.679. The zero-order valence-corrected chi connectivity index (χ0v) is 16.3. The third kappa shape index (κ3) is 3.50. The van der Waals surface area contributed by atoms with E-state index in [-0.39, 0.29) is 5.91 Å². The smallest absolute Gasteiger partial charge is 0.273 e. The van der Waals surface area contributed by atoms with E-state index in [0.717, 1.165) is 22.5 Å². The molecule has 0 radical (unpaired) electrons. The Kier molecular flexibility index (Phi) is 4.87. The van der Waals surface area contributed by atoms with E-state index in [1.165, 1.54) is 0 Å². The number of hydrazone groups is 1. The summed E-state index contributed by atoms with van der Waals surface area (Å²) in [5.41, 5.74) is 6.91. The molecule has 0 fully saturated rings. The molecular weight excluding hydrogens is 368 g/mol. The summed E-state index contributed by atoms with van der Waals surface area (Å²) in [7, 11) is 3.19. The van der Waals surface area contributed by atoms with Gasteiger partial charge in [0.25, 0.3) is 5.91 Å². The highest BCUT2D eigenvalue weighted by molar-refractivity contribution is 6.26. The van der Waals surface area contributed by atoms with Gasteiger partial charge in [0.1, 0.15) is 5.69 Å². The van der Waals surface area contributed by atoms with Crippen LogP contribution in [0.3, 0.4) is 0 Å². The Bertz CT molecular complexity index is 1130. The minimum atomic E-state index is -0.228. The number of amides is 1. The normalized spacial score (nSPS) is 14.7. The standard InChI is InChI=1S/C22H20N4O3/c1-14-18(22(27)24-23-14)11-16-13-26(17-7-5-4-6-8-17)25-21(16)15-9-10-19(28-2)20(12-15)29-3/h4-13H,1-3H3,(H,24,27). The number of ether oxygens (including phenoxy) is 2. The Morgan fingerprint density at radius 3 is 2.45 bits per heavy atom. The van der Waals surface area contributed by atoms with E-state index in [2.05, 4.69) is 10.5 Å². The molecule has 0 aliphatic carbocycles. The fraction of sp³-hybridized carbons (Fsp3) is 0.136. The molecule has 1 aliphatic heterocycles. The highest BCUT2D eigenvalue weighted by atomic mass is 16.5. The third-order valence-corrected chi connectivity index (χ3v) is 4.68. The molecule has 2 heterocycles. The second kappa shape index (κ2) is 7.63. The Labute approximate surface area is 168 Å². The first-order valence-electron chi connectivity index (χ1n) is 9.05. The second-order valence-corrected chi connectivity index (χ2v) is 6.48. The van der Waals surface area contributed by atoms with Crippen molar-refractivity contribution in [2.45, 2.75) is 6.92 Å². The highest BCUT2D eigenvalue weighted by Crippen LogP contribution is 2.34. The molecule has 0 saturated heterocycles. The Hall–Kier alpha value is -3.87. The van der Waals surface area contributed by atoms with Crippen molar-refractivity contribution in [2.75, 3.05) is 14.2 Å². The summed E-state index contributed by atoms with van der Waals surface area (Å²) in [6.07, 6.45) is 3.70. The summed E-state index contributed by atoms with van der Waals surface area (Å²) in [5.74, 6) is 1.01. The summed E-state index contributed by atoms with van der Waals surface area (Å²) < 4.78 is 12.6. The van der Waals surface area contributed by atoms with Crippen LogP contribution in [0.2, 0.25) is 0 Å².